The molecule has 69 heavy (non-hydrogen) atoms. The molecule has 0 aliphatic heterocycles. The van der Waals surface area contributed by atoms with Crippen molar-refractivity contribution in [3.05, 3.63) is 94.8 Å². The molecular formula is C44H54CaF2N6O14S2. The van der Waals surface area contributed by atoms with E-state index in [1.165, 1.54) is 86.9 Å². The SMILES string of the molecule is CC(C)c1nc(N(C)S(C)(=O)=O)nc(Oc2ccc(F)cc2)c1/C=C/[C@@H](O)C[C@@H](O)CC(=O)[O-].CC(C)c1nc(N(C)S(C)(=O)=O)nc(Oc2ccc(F)cc2)c1/C=C/[C@@H](O)C[C@@H](O)CC(=O)[O-].[Ca+2]. The Balaban J connectivity index is 0.000000467. The van der Waals surface area contributed by atoms with Crippen LogP contribution in [-0.2, 0) is 29.6 Å². The minimum absolute atomic E-state index is 0. The molecule has 4 N–H and O–H groups in total. The van der Waals surface area contributed by atoms with E-state index in [-0.39, 0.29) is 97.6 Å². The molecule has 0 saturated heterocycles. The quantitative estimate of drug-likeness (QED) is 0.0818. The van der Waals surface area contributed by atoms with Gasteiger partial charge in [-0.05, 0) is 72.5 Å². The number of hydrogen-bond acceptors (Lipinski definition) is 18. The summed E-state index contributed by atoms with van der Waals surface area (Å²) >= 11 is 0. The maximum absolute atomic E-state index is 13.3. The molecule has 4 rings (SSSR count). The zero-order valence-electron chi connectivity index (χ0n) is 39.1. The van der Waals surface area contributed by atoms with E-state index in [0.29, 0.717) is 22.5 Å². The van der Waals surface area contributed by atoms with Gasteiger partial charge in [0.15, 0.2) is 0 Å². The van der Waals surface area contributed by atoms with Crippen molar-refractivity contribution < 1.29 is 75.3 Å². The molecule has 20 nitrogen and oxygen atoms in total. The van der Waals surface area contributed by atoms with Gasteiger partial charge in [0.25, 0.3) is 0 Å². The van der Waals surface area contributed by atoms with Gasteiger partial charge in [-0.1, -0.05) is 39.8 Å². The monoisotopic (exact) mass is 1030 g/mol. The molecule has 0 saturated carbocycles. The van der Waals surface area contributed by atoms with Crippen molar-refractivity contribution in [2.45, 2.75) is 89.6 Å². The fraction of sp³-hybridized carbons (Fsp3) is 0.409. The molecule has 0 unspecified atom stereocenters. The summed E-state index contributed by atoms with van der Waals surface area (Å²) in [7, 11) is -4.81. The van der Waals surface area contributed by atoms with Gasteiger partial charge < -0.3 is 49.7 Å². The van der Waals surface area contributed by atoms with Crippen molar-refractivity contribution >= 4 is 93.8 Å². The van der Waals surface area contributed by atoms with Gasteiger partial charge in [-0.2, -0.15) is 9.97 Å². The number of hydrogen-bond donors (Lipinski definition) is 4. The molecule has 0 spiro atoms. The van der Waals surface area contributed by atoms with Crippen LogP contribution in [0.3, 0.4) is 0 Å². The molecule has 0 amide bonds. The first-order chi connectivity index (χ1) is 31.5. The number of carboxylic acids is 2. The van der Waals surface area contributed by atoms with Crippen molar-refractivity contribution in [2.24, 2.45) is 0 Å². The number of benzene rings is 2. The van der Waals surface area contributed by atoms with E-state index in [4.69, 9.17) is 9.47 Å². The predicted octanol–water partition coefficient (Wildman–Crippen LogP) is 2.00. The Labute approximate surface area is 429 Å². The van der Waals surface area contributed by atoms with Crippen molar-refractivity contribution in [3.8, 4) is 23.3 Å². The summed E-state index contributed by atoms with van der Waals surface area (Å²) in [6.45, 7) is 7.24. The fourth-order valence-electron chi connectivity index (χ4n) is 5.74. The third-order valence-corrected chi connectivity index (χ3v) is 11.7. The van der Waals surface area contributed by atoms with Gasteiger partial charge in [-0.25, -0.2) is 44.2 Å². The molecule has 0 fully saturated rings. The van der Waals surface area contributed by atoms with Crippen LogP contribution in [0, 0.1) is 11.6 Å². The van der Waals surface area contributed by atoms with Gasteiger partial charge >= 0.3 is 37.7 Å². The number of aliphatic hydroxyl groups is 4. The number of nitrogens with zero attached hydrogens (tertiary/aromatic N) is 6. The summed E-state index contributed by atoms with van der Waals surface area (Å²) in [5.41, 5.74) is 1.43. The molecule has 2 heterocycles. The van der Waals surface area contributed by atoms with Gasteiger partial charge in [-0.3, -0.25) is 0 Å². The number of halogens is 2. The molecule has 0 aliphatic carbocycles. The van der Waals surface area contributed by atoms with Crippen LogP contribution < -0.4 is 28.3 Å². The Kier molecular flexibility index (Phi) is 23.5. The smallest absolute Gasteiger partial charge is 0.550 e. The van der Waals surface area contributed by atoms with Crippen molar-refractivity contribution in [3.63, 3.8) is 0 Å². The summed E-state index contributed by atoms with van der Waals surface area (Å²) in [5.74, 6) is -4.25. The fourth-order valence-corrected chi connectivity index (χ4v) is 6.50. The average Bonchev–Trinajstić information content (AvgIpc) is 3.22. The van der Waals surface area contributed by atoms with Crippen LogP contribution in [0.5, 0.6) is 23.3 Å². The van der Waals surface area contributed by atoms with Crippen LogP contribution in [0.25, 0.3) is 12.2 Å². The standard InChI is InChI=1S/2C22H28FN3O7S.Ca/c2*1-13(2)20-18(10-7-15(27)11-16(28)12-19(29)30)21(33-17-8-5-14(23)6-9-17)25-22(24-20)26(3)34(4,31)32;/h2*5-10,13,15-16,27-28H,11-12H2,1-4H3,(H,29,30);/q;;+2/p-2/b2*10-7+;/t2*15-,16-;/m11./s1. The molecule has 0 bridgehead atoms. The first-order valence-electron chi connectivity index (χ1n) is 20.6. The molecule has 25 heteroatoms. The maximum atomic E-state index is 13.3. The van der Waals surface area contributed by atoms with E-state index in [1.807, 2.05) is 27.7 Å². The number of carbonyl (C=O) groups excluding carboxylic acids is 2. The van der Waals surface area contributed by atoms with Crippen LogP contribution in [0.2, 0.25) is 0 Å². The summed E-state index contributed by atoms with van der Waals surface area (Å²) in [4.78, 5) is 38.4. The Hall–Kier alpha value is -4.92. The average molecular weight is 1030 g/mol. The van der Waals surface area contributed by atoms with Gasteiger partial charge in [-0.15, -0.1) is 0 Å². The van der Waals surface area contributed by atoms with E-state index >= 15 is 0 Å². The summed E-state index contributed by atoms with van der Waals surface area (Å²) < 4.78 is 88.2. The van der Waals surface area contributed by atoms with Crippen LogP contribution in [0.15, 0.2) is 60.7 Å². The van der Waals surface area contributed by atoms with Gasteiger partial charge in [0.2, 0.25) is 43.7 Å². The van der Waals surface area contributed by atoms with Gasteiger partial charge in [0.1, 0.15) is 23.1 Å². The number of carboxylic acid groups (broad SMARTS) is 2. The van der Waals surface area contributed by atoms with Crippen molar-refractivity contribution in [1.82, 2.24) is 19.9 Å². The summed E-state index contributed by atoms with van der Waals surface area (Å²) in [6, 6.07) is 10.2. The molecule has 4 atom stereocenters. The maximum Gasteiger partial charge on any atom is 2.00 e. The molecular weight excluding hydrogens is 979 g/mol. The number of rotatable bonds is 22. The number of carbonyl (C=O) groups is 2. The first-order valence-corrected chi connectivity index (χ1v) is 24.3. The number of aromatic nitrogens is 4. The zero-order chi connectivity index (χ0) is 51.3. The first kappa shape index (κ1) is 60.2. The zero-order valence-corrected chi connectivity index (χ0v) is 42.9. The predicted molar refractivity (Wildman–Crippen MR) is 248 cm³/mol. The minimum Gasteiger partial charge on any atom is -0.550 e. The van der Waals surface area contributed by atoms with Crippen LogP contribution >= 0.6 is 0 Å². The van der Waals surface area contributed by atoms with Gasteiger partial charge in [0, 0.05) is 51.7 Å². The molecule has 0 radical (unpaired) electrons. The normalized spacial score (nSPS) is 13.6. The van der Waals surface area contributed by atoms with Crippen molar-refractivity contribution in [2.75, 3.05) is 35.2 Å². The van der Waals surface area contributed by atoms with E-state index < -0.39 is 80.9 Å². The third kappa shape index (κ3) is 19.8. The number of aliphatic carboxylic acids is 2. The number of ether oxygens (including phenoxy) is 2. The van der Waals surface area contributed by atoms with Crippen molar-refractivity contribution in [1.29, 1.82) is 0 Å². The summed E-state index contributed by atoms with van der Waals surface area (Å²) in [6.07, 6.45) is 0.645. The molecule has 0 aliphatic rings. The second kappa shape index (κ2) is 26.9. The largest absolute Gasteiger partial charge is 2.00 e. The van der Waals surface area contributed by atoms with Crippen LogP contribution in [0.1, 0.15) is 87.7 Å². The van der Waals surface area contributed by atoms with E-state index in [2.05, 4.69) is 19.9 Å². The topological polar surface area (TPSA) is 306 Å². The molecule has 2 aromatic heterocycles. The van der Waals surface area contributed by atoms with Crippen LogP contribution in [-0.4, -0.2) is 158 Å². The minimum atomic E-state index is -3.69. The Morgan fingerprint density at radius 3 is 1.19 bits per heavy atom. The Morgan fingerprint density at radius 1 is 0.623 bits per heavy atom. The second-order valence-corrected chi connectivity index (χ2v) is 19.9. The molecule has 4 aromatic rings. The van der Waals surface area contributed by atoms with E-state index in [9.17, 15) is 65.8 Å². The van der Waals surface area contributed by atoms with E-state index in [0.717, 1.165) is 21.1 Å². The second-order valence-electron chi connectivity index (χ2n) is 15.9. The molecule has 2 aromatic carbocycles. The number of anilines is 2. The third-order valence-electron chi connectivity index (χ3n) is 9.37. The Morgan fingerprint density at radius 2 is 0.928 bits per heavy atom. The molecule has 372 valence electrons. The van der Waals surface area contributed by atoms with Gasteiger partial charge in [0.05, 0.1) is 59.4 Å². The Bertz CT molecular complexity index is 2460. The van der Waals surface area contributed by atoms with Crippen LogP contribution in [0.4, 0.5) is 20.7 Å². The number of aliphatic hydroxyl groups excluding tert-OH is 4. The van der Waals surface area contributed by atoms with E-state index in [1.54, 1.807) is 0 Å². The number of sulfonamides is 2. The summed E-state index contributed by atoms with van der Waals surface area (Å²) in [5, 5.41) is 61.1.